The largest absolute Gasteiger partial charge is 0.384 e. The van der Waals surface area contributed by atoms with Gasteiger partial charge in [-0.1, -0.05) is 11.6 Å². The average Bonchev–Trinajstić information content (AvgIpc) is 2.92. The highest BCUT2D eigenvalue weighted by Gasteiger charge is 2.02. The van der Waals surface area contributed by atoms with Crippen molar-refractivity contribution in [1.29, 1.82) is 5.26 Å². The van der Waals surface area contributed by atoms with Crippen molar-refractivity contribution in [3.05, 3.63) is 41.4 Å². The highest BCUT2D eigenvalue weighted by Crippen LogP contribution is 2.20. The molecule has 0 aliphatic heterocycles. The van der Waals surface area contributed by atoms with Gasteiger partial charge in [0.25, 0.3) is 0 Å². The smallest absolute Gasteiger partial charge is 0.119 e. The summed E-state index contributed by atoms with van der Waals surface area (Å²) >= 11 is 5.91. The van der Waals surface area contributed by atoms with Gasteiger partial charge in [0.1, 0.15) is 18.7 Å². The van der Waals surface area contributed by atoms with Crippen LogP contribution in [0.25, 0.3) is 0 Å². The van der Waals surface area contributed by atoms with Gasteiger partial charge in [-0.3, -0.25) is 0 Å². The lowest BCUT2D eigenvalue weighted by Crippen LogP contribution is -2.05. The molecule has 0 radical (unpaired) electrons. The Morgan fingerprint density at radius 1 is 1.26 bits per heavy atom. The van der Waals surface area contributed by atoms with E-state index in [0.717, 1.165) is 31.6 Å². The summed E-state index contributed by atoms with van der Waals surface area (Å²) in [5.74, 6) is 0. The molecule has 98 valence electrons. The van der Waals surface area contributed by atoms with E-state index in [1.807, 2.05) is 4.57 Å². The minimum absolute atomic E-state index is 0.614. The molecule has 6 heteroatoms. The first-order valence-electron chi connectivity index (χ1n) is 6.05. The minimum atomic E-state index is 0.614. The second-order valence-electron chi connectivity index (χ2n) is 4.14. The highest BCUT2D eigenvalue weighted by atomic mass is 35.5. The molecule has 0 aliphatic rings. The Hall–Kier alpha value is -2.06. The number of halogens is 1. The van der Waals surface area contributed by atoms with Crippen molar-refractivity contribution in [3.63, 3.8) is 0 Å². The van der Waals surface area contributed by atoms with E-state index in [0.29, 0.717) is 10.6 Å². The maximum Gasteiger partial charge on any atom is 0.119 e. The summed E-state index contributed by atoms with van der Waals surface area (Å²) in [6.45, 7) is 1.70. The van der Waals surface area contributed by atoms with E-state index in [2.05, 4.69) is 21.6 Å². The maximum absolute atomic E-state index is 8.99. The number of nitriles is 1. The molecule has 1 heterocycles. The number of unbranched alkanes of at least 4 members (excludes halogenated alkanes) is 1. The van der Waals surface area contributed by atoms with E-state index in [1.165, 1.54) is 0 Å². The fraction of sp³-hybridized carbons (Fsp3) is 0.308. The minimum Gasteiger partial charge on any atom is -0.384 e. The highest BCUT2D eigenvalue weighted by molar-refractivity contribution is 6.30. The number of aromatic nitrogens is 3. The predicted octanol–water partition coefficient (Wildman–Crippen LogP) is 2.70. The lowest BCUT2D eigenvalue weighted by molar-refractivity contribution is 0.619. The summed E-state index contributed by atoms with van der Waals surface area (Å²) in [4.78, 5) is 0. The zero-order valence-corrected chi connectivity index (χ0v) is 11.1. The maximum atomic E-state index is 8.99. The van der Waals surface area contributed by atoms with Crippen molar-refractivity contribution in [2.75, 3.05) is 11.9 Å². The molecule has 0 atom stereocenters. The first-order valence-corrected chi connectivity index (χ1v) is 6.43. The summed E-state index contributed by atoms with van der Waals surface area (Å²) in [6.07, 6.45) is 5.43. The van der Waals surface area contributed by atoms with Crippen LogP contribution in [0.3, 0.4) is 0 Å². The van der Waals surface area contributed by atoms with Crippen molar-refractivity contribution < 1.29 is 0 Å². The van der Waals surface area contributed by atoms with Crippen LogP contribution in [0.15, 0.2) is 30.9 Å². The van der Waals surface area contributed by atoms with Gasteiger partial charge in [0.15, 0.2) is 0 Å². The van der Waals surface area contributed by atoms with Crippen LogP contribution in [0.5, 0.6) is 0 Å². The standard InChI is InChI=1S/C13H14ClN5/c14-12-4-3-11(8-15)13(7-12)16-5-1-2-6-19-9-17-18-10-19/h3-4,7,9-10,16H,1-2,5-6H2. The molecule has 1 N–H and O–H groups in total. The van der Waals surface area contributed by atoms with E-state index in [4.69, 9.17) is 16.9 Å². The second kappa shape index (κ2) is 6.76. The summed E-state index contributed by atoms with van der Waals surface area (Å²) < 4.78 is 1.94. The van der Waals surface area contributed by atoms with E-state index in [-0.39, 0.29) is 0 Å². The van der Waals surface area contributed by atoms with Crippen LogP contribution in [0.2, 0.25) is 5.02 Å². The number of anilines is 1. The molecule has 0 spiro atoms. The van der Waals surface area contributed by atoms with E-state index in [9.17, 15) is 0 Å². The third-order valence-corrected chi connectivity index (χ3v) is 2.96. The van der Waals surface area contributed by atoms with E-state index in [1.54, 1.807) is 30.9 Å². The molecule has 2 aromatic rings. The number of nitrogens with one attached hydrogen (secondary N) is 1. The molecular weight excluding hydrogens is 262 g/mol. The Kier molecular flexibility index (Phi) is 4.76. The van der Waals surface area contributed by atoms with Crippen LogP contribution >= 0.6 is 11.6 Å². The van der Waals surface area contributed by atoms with Crippen LogP contribution in [0, 0.1) is 11.3 Å². The lowest BCUT2D eigenvalue weighted by atomic mass is 10.2. The lowest BCUT2D eigenvalue weighted by Gasteiger charge is -2.08. The molecule has 1 aromatic carbocycles. The molecule has 0 fully saturated rings. The van der Waals surface area contributed by atoms with E-state index < -0.39 is 0 Å². The monoisotopic (exact) mass is 275 g/mol. The number of benzene rings is 1. The van der Waals surface area contributed by atoms with Crippen LogP contribution in [-0.2, 0) is 6.54 Å². The second-order valence-corrected chi connectivity index (χ2v) is 4.57. The van der Waals surface area contributed by atoms with Gasteiger partial charge in [0.05, 0.1) is 11.3 Å². The number of hydrogen-bond donors (Lipinski definition) is 1. The summed E-state index contributed by atoms with van der Waals surface area (Å²) in [5, 5.41) is 20.4. The summed E-state index contributed by atoms with van der Waals surface area (Å²) in [6, 6.07) is 7.37. The molecule has 0 unspecified atom stereocenters. The number of hydrogen-bond acceptors (Lipinski definition) is 4. The molecule has 19 heavy (non-hydrogen) atoms. The molecular formula is C13H14ClN5. The predicted molar refractivity (Wildman–Crippen MR) is 73.9 cm³/mol. The number of nitrogens with zero attached hydrogens (tertiary/aromatic N) is 4. The van der Waals surface area contributed by atoms with Gasteiger partial charge >= 0.3 is 0 Å². The van der Waals surface area contributed by atoms with Gasteiger partial charge in [-0.05, 0) is 31.0 Å². The van der Waals surface area contributed by atoms with Crippen LogP contribution in [-0.4, -0.2) is 21.3 Å². The number of rotatable bonds is 6. The topological polar surface area (TPSA) is 66.5 Å². The average molecular weight is 276 g/mol. The SMILES string of the molecule is N#Cc1ccc(Cl)cc1NCCCCn1cnnc1. The molecule has 0 aliphatic carbocycles. The van der Waals surface area contributed by atoms with Crippen molar-refractivity contribution in [2.24, 2.45) is 0 Å². The van der Waals surface area contributed by atoms with Crippen LogP contribution in [0.4, 0.5) is 5.69 Å². The Balaban J connectivity index is 1.76. The Morgan fingerprint density at radius 3 is 2.79 bits per heavy atom. The summed E-state index contributed by atoms with van der Waals surface area (Å²) in [5.41, 5.74) is 1.41. The van der Waals surface area contributed by atoms with Gasteiger partial charge in [-0.25, -0.2) is 0 Å². The molecule has 2 rings (SSSR count). The van der Waals surface area contributed by atoms with Crippen LogP contribution < -0.4 is 5.32 Å². The number of aryl methyl sites for hydroxylation is 1. The Bertz CT molecular complexity index is 559. The molecule has 0 bridgehead atoms. The van der Waals surface area contributed by atoms with Crippen molar-refractivity contribution in [2.45, 2.75) is 19.4 Å². The van der Waals surface area contributed by atoms with Gasteiger partial charge in [-0.2, -0.15) is 5.26 Å². The normalized spacial score (nSPS) is 10.1. The van der Waals surface area contributed by atoms with Gasteiger partial charge in [0, 0.05) is 18.1 Å². The van der Waals surface area contributed by atoms with Gasteiger partial charge in [0.2, 0.25) is 0 Å². The zero-order chi connectivity index (χ0) is 13.5. The molecule has 1 aromatic heterocycles. The molecule has 0 amide bonds. The van der Waals surface area contributed by atoms with Crippen LogP contribution in [0.1, 0.15) is 18.4 Å². The first-order chi connectivity index (χ1) is 9.29. The van der Waals surface area contributed by atoms with E-state index >= 15 is 0 Å². The van der Waals surface area contributed by atoms with Gasteiger partial charge in [-0.15, -0.1) is 10.2 Å². The summed E-state index contributed by atoms with van der Waals surface area (Å²) in [7, 11) is 0. The fourth-order valence-corrected chi connectivity index (χ4v) is 1.91. The van der Waals surface area contributed by atoms with Crippen molar-refractivity contribution in [1.82, 2.24) is 14.8 Å². The quantitative estimate of drug-likeness (QED) is 0.823. The van der Waals surface area contributed by atoms with Crippen molar-refractivity contribution in [3.8, 4) is 6.07 Å². The third kappa shape index (κ3) is 3.97. The Morgan fingerprint density at radius 2 is 2.05 bits per heavy atom. The molecule has 5 nitrogen and oxygen atoms in total. The molecule has 0 saturated carbocycles. The molecule has 0 saturated heterocycles. The van der Waals surface area contributed by atoms with Gasteiger partial charge < -0.3 is 9.88 Å². The zero-order valence-electron chi connectivity index (χ0n) is 10.4. The first kappa shape index (κ1) is 13.4. The fourth-order valence-electron chi connectivity index (χ4n) is 1.74. The Labute approximate surface area is 116 Å². The van der Waals surface area contributed by atoms with Crippen molar-refractivity contribution >= 4 is 17.3 Å². The third-order valence-electron chi connectivity index (χ3n) is 2.73.